The minimum absolute atomic E-state index is 0.0492. The summed E-state index contributed by atoms with van der Waals surface area (Å²) in [7, 11) is 0. The van der Waals surface area contributed by atoms with E-state index in [1.54, 1.807) is 0 Å². The van der Waals surface area contributed by atoms with Gasteiger partial charge in [0.15, 0.2) is 17.0 Å². The van der Waals surface area contributed by atoms with E-state index < -0.39 is 0 Å². The van der Waals surface area contributed by atoms with E-state index in [2.05, 4.69) is 25.6 Å². The molecular weight excluding hydrogens is 410 g/mol. The Hall–Kier alpha value is -2.75. The first-order valence-electron chi connectivity index (χ1n) is 11.8. The van der Waals surface area contributed by atoms with Crippen LogP contribution in [-0.2, 0) is 11.3 Å². The summed E-state index contributed by atoms with van der Waals surface area (Å²) in [5.41, 5.74) is 1.20. The molecule has 2 amide bonds. The molecule has 3 N–H and O–H groups in total. The molecule has 3 aliphatic rings. The zero-order valence-electron chi connectivity index (χ0n) is 18.5. The van der Waals surface area contributed by atoms with Gasteiger partial charge < -0.3 is 25.2 Å². The van der Waals surface area contributed by atoms with Gasteiger partial charge in [-0.15, -0.1) is 0 Å². The maximum Gasteiger partial charge on any atom is 0.287 e. The minimum atomic E-state index is -0.265. The molecule has 3 heterocycles. The predicted octanol–water partition coefficient (Wildman–Crippen LogP) is 1.30. The zero-order chi connectivity index (χ0) is 22.2. The fourth-order valence-corrected chi connectivity index (χ4v) is 4.85. The van der Waals surface area contributed by atoms with Crippen LogP contribution in [0.25, 0.3) is 11.2 Å². The van der Waals surface area contributed by atoms with Crippen LogP contribution in [0.4, 0.5) is 5.82 Å². The van der Waals surface area contributed by atoms with Gasteiger partial charge in [-0.1, -0.05) is 0 Å². The summed E-state index contributed by atoms with van der Waals surface area (Å²) in [5, 5.41) is 16.2. The number of nitrogens with zero attached hydrogens (tertiary/aromatic N) is 5. The van der Waals surface area contributed by atoms with Crippen LogP contribution in [0.3, 0.4) is 0 Å². The predicted molar refractivity (Wildman–Crippen MR) is 118 cm³/mol. The monoisotopic (exact) mass is 441 g/mol. The fourth-order valence-electron chi connectivity index (χ4n) is 4.85. The van der Waals surface area contributed by atoms with E-state index in [0.717, 1.165) is 38.6 Å². The molecule has 10 nitrogen and oxygen atoms in total. The number of carbonyl (C=O) groups excluding carboxylic acids is 2. The van der Waals surface area contributed by atoms with Crippen LogP contribution in [0.1, 0.15) is 62.5 Å². The van der Waals surface area contributed by atoms with Crippen molar-refractivity contribution in [2.24, 2.45) is 5.92 Å². The second-order valence-electron chi connectivity index (χ2n) is 9.24. The quantitative estimate of drug-likeness (QED) is 0.617. The van der Waals surface area contributed by atoms with Crippen LogP contribution in [0.5, 0.6) is 0 Å². The van der Waals surface area contributed by atoms with Crippen molar-refractivity contribution >= 4 is 28.8 Å². The van der Waals surface area contributed by atoms with Gasteiger partial charge >= 0.3 is 0 Å². The molecule has 2 saturated carbocycles. The van der Waals surface area contributed by atoms with Crippen LogP contribution < -0.4 is 10.6 Å². The lowest BCUT2D eigenvalue weighted by Gasteiger charge is -2.26. The Labute approximate surface area is 186 Å². The molecule has 10 heteroatoms. The minimum Gasteiger partial charge on any atom is -0.393 e. The number of carbonyl (C=O) groups is 2. The van der Waals surface area contributed by atoms with Crippen LogP contribution in [-0.4, -0.2) is 72.6 Å². The van der Waals surface area contributed by atoms with E-state index in [4.69, 9.17) is 0 Å². The van der Waals surface area contributed by atoms with Gasteiger partial charge in [0.2, 0.25) is 11.7 Å². The third-order valence-electron chi connectivity index (χ3n) is 6.85. The average Bonchev–Trinajstić information content (AvgIpc) is 3.42. The van der Waals surface area contributed by atoms with Crippen LogP contribution in [0, 0.1) is 5.92 Å². The first kappa shape index (κ1) is 21.1. The molecule has 32 heavy (non-hydrogen) atoms. The summed E-state index contributed by atoms with van der Waals surface area (Å²) >= 11 is 0. The number of fused-ring (bicyclic) bond motifs is 1. The van der Waals surface area contributed by atoms with Gasteiger partial charge in [-0.25, -0.2) is 15.0 Å². The molecule has 5 rings (SSSR count). The Morgan fingerprint density at radius 3 is 2.59 bits per heavy atom. The third-order valence-corrected chi connectivity index (χ3v) is 6.85. The lowest BCUT2D eigenvalue weighted by Crippen LogP contribution is -2.39. The lowest BCUT2D eigenvalue weighted by molar-refractivity contribution is -0.131. The molecule has 0 bridgehead atoms. The summed E-state index contributed by atoms with van der Waals surface area (Å²) in [6.07, 6.45) is 7.06. The summed E-state index contributed by atoms with van der Waals surface area (Å²) in [4.78, 5) is 40.7. The van der Waals surface area contributed by atoms with Crippen LogP contribution in [0.2, 0.25) is 0 Å². The normalized spacial score (nSPS) is 25.8. The van der Waals surface area contributed by atoms with Crippen molar-refractivity contribution in [1.29, 1.82) is 0 Å². The van der Waals surface area contributed by atoms with Crippen molar-refractivity contribution in [3.63, 3.8) is 0 Å². The summed E-state index contributed by atoms with van der Waals surface area (Å²) < 4.78 is 1.81. The number of aliphatic hydroxyl groups excluding tert-OH is 1. The Bertz CT molecular complexity index is 1010. The molecule has 2 aromatic heterocycles. The van der Waals surface area contributed by atoms with E-state index in [1.807, 2.05) is 16.4 Å². The van der Waals surface area contributed by atoms with Crippen molar-refractivity contribution in [2.75, 3.05) is 18.4 Å². The fraction of sp³-hybridized carbons (Fsp3) is 0.682. The third kappa shape index (κ3) is 4.15. The van der Waals surface area contributed by atoms with Crippen LogP contribution >= 0.6 is 0 Å². The Morgan fingerprint density at radius 2 is 1.88 bits per heavy atom. The van der Waals surface area contributed by atoms with Gasteiger partial charge in [0.1, 0.15) is 6.33 Å². The Morgan fingerprint density at radius 1 is 1.09 bits per heavy atom. The highest BCUT2D eigenvalue weighted by Crippen LogP contribution is 2.32. The van der Waals surface area contributed by atoms with Crippen molar-refractivity contribution in [1.82, 2.24) is 29.7 Å². The first-order valence-corrected chi connectivity index (χ1v) is 11.8. The summed E-state index contributed by atoms with van der Waals surface area (Å²) in [5.74, 6) is 1.20. The number of imidazole rings is 1. The number of anilines is 1. The molecule has 1 saturated heterocycles. The zero-order valence-corrected chi connectivity index (χ0v) is 18.5. The number of aromatic nitrogens is 4. The number of aryl methyl sites for hydroxylation is 1. The second kappa shape index (κ2) is 8.65. The lowest BCUT2D eigenvalue weighted by atomic mass is 9.93. The van der Waals surface area contributed by atoms with E-state index >= 15 is 0 Å². The van der Waals surface area contributed by atoms with E-state index in [9.17, 15) is 14.7 Å². The van der Waals surface area contributed by atoms with Crippen LogP contribution in [0.15, 0.2) is 6.33 Å². The van der Waals surface area contributed by atoms with Crippen molar-refractivity contribution in [2.45, 2.75) is 76.6 Å². The second-order valence-corrected chi connectivity index (χ2v) is 9.24. The van der Waals surface area contributed by atoms with Gasteiger partial charge in [0, 0.05) is 37.6 Å². The van der Waals surface area contributed by atoms with E-state index in [0.29, 0.717) is 48.7 Å². The molecule has 1 atom stereocenters. The largest absolute Gasteiger partial charge is 0.393 e. The topological polar surface area (TPSA) is 125 Å². The summed E-state index contributed by atoms with van der Waals surface area (Å²) in [6.45, 7) is 3.94. The number of amides is 2. The molecule has 0 spiro atoms. The number of likely N-dealkylation sites (tertiary alicyclic amines) is 1. The Kier molecular flexibility index (Phi) is 5.71. The Balaban J connectivity index is 1.33. The molecule has 0 radical (unpaired) electrons. The first-order chi connectivity index (χ1) is 15.5. The highest BCUT2D eigenvalue weighted by atomic mass is 16.3. The summed E-state index contributed by atoms with van der Waals surface area (Å²) in [6, 6.07) is 0.154. The molecule has 0 aromatic carbocycles. The average molecular weight is 442 g/mol. The van der Waals surface area contributed by atoms with Gasteiger partial charge in [-0.2, -0.15) is 0 Å². The molecule has 172 valence electrons. The molecule has 3 fully saturated rings. The van der Waals surface area contributed by atoms with E-state index in [1.165, 1.54) is 6.33 Å². The molecule has 1 unspecified atom stereocenters. The highest BCUT2D eigenvalue weighted by Gasteiger charge is 2.37. The molecule has 2 aliphatic carbocycles. The van der Waals surface area contributed by atoms with Gasteiger partial charge in [0.05, 0.1) is 6.10 Å². The number of nitrogens with one attached hydrogen (secondary N) is 2. The molecule has 1 aliphatic heterocycles. The molecule has 2 aromatic rings. The van der Waals surface area contributed by atoms with Crippen molar-refractivity contribution < 1.29 is 14.7 Å². The SMILES string of the molecule is CCn1c(C(=O)NC2CCC(O)CC2)nc2c(NC3CCN(C(=O)C4CC4)C3)ncnc21. The highest BCUT2D eigenvalue weighted by molar-refractivity contribution is 5.96. The smallest absolute Gasteiger partial charge is 0.287 e. The van der Waals surface area contributed by atoms with Gasteiger partial charge in [0.25, 0.3) is 5.91 Å². The maximum atomic E-state index is 13.0. The van der Waals surface area contributed by atoms with E-state index in [-0.39, 0.29) is 35.9 Å². The number of rotatable bonds is 6. The van der Waals surface area contributed by atoms with Gasteiger partial charge in [-0.05, 0) is 51.9 Å². The number of aliphatic hydroxyl groups is 1. The molecular formula is C22H31N7O3. The standard InChI is InChI=1S/C22H31N7O3/c1-2-29-19-17(27-20(29)21(31)26-14-5-7-16(30)8-6-14)18(23-12-24-19)25-15-9-10-28(11-15)22(32)13-3-4-13/h12-16,30H,2-11H2,1H3,(H,26,31)(H,23,24,25). The maximum absolute atomic E-state index is 13.0. The number of hydrogen-bond acceptors (Lipinski definition) is 7. The van der Waals surface area contributed by atoms with Crippen molar-refractivity contribution in [3.05, 3.63) is 12.2 Å². The number of hydrogen-bond donors (Lipinski definition) is 3. The van der Waals surface area contributed by atoms with Crippen molar-refractivity contribution in [3.8, 4) is 0 Å². The van der Waals surface area contributed by atoms with Gasteiger partial charge in [-0.3, -0.25) is 9.59 Å².